The topological polar surface area (TPSA) is 50.7 Å². The lowest BCUT2D eigenvalue weighted by atomic mass is 10.3. The minimum absolute atomic E-state index is 0.180. The molecule has 2 N–H and O–H groups in total. The predicted octanol–water partition coefficient (Wildman–Crippen LogP) is 0.00830. The SMILES string of the molecule is CCOCC(O)CNCC(C)OC. The number of hydrogen-bond acceptors (Lipinski definition) is 4. The molecule has 0 heterocycles. The molecule has 0 rings (SSSR count). The molecule has 0 fully saturated rings. The van der Waals surface area contributed by atoms with E-state index in [9.17, 15) is 5.11 Å². The van der Waals surface area contributed by atoms with Crippen LogP contribution in [0, 0.1) is 0 Å². The van der Waals surface area contributed by atoms with E-state index >= 15 is 0 Å². The Morgan fingerprint density at radius 3 is 2.62 bits per heavy atom. The highest BCUT2D eigenvalue weighted by atomic mass is 16.5. The molecule has 0 spiro atoms. The maximum atomic E-state index is 9.34. The van der Waals surface area contributed by atoms with Crippen LogP contribution in [0.4, 0.5) is 0 Å². The van der Waals surface area contributed by atoms with Crippen LogP contribution in [-0.4, -0.2) is 50.7 Å². The van der Waals surface area contributed by atoms with Gasteiger partial charge in [-0.15, -0.1) is 0 Å². The molecule has 0 saturated heterocycles. The van der Waals surface area contributed by atoms with Gasteiger partial charge in [-0.2, -0.15) is 0 Å². The Balaban J connectivity index is 3.21. The number of nitrogens with one attached hydrogen (secondary N) is 1. The summed E-state index contributed by atoms with van der Waals surface area (Å²) in [6.45, 7) is 6.22. The van der Waals surface area contributed by atoms with Crippen LogP contribution in [0.1, 0.15) is 13.8 Å². The average Bonchev–Trinajstić information content (AvgIpc) is 2.14. The third-order valence-corrected chi connectivity index (χ3v) is 1.73. The smallest absolute Gasteiger partial charge is 0.0897 e. The zero-order valence-corrected chi connectivity index (χ0v) is 8.75. The van der Waals surface area contributed by atoms with Crippen LogP contribution in [-0.2, 0) is 9.47 Å². The highest BCUT2D eigenvalue weighted by molar-refractivity contribution is 4.60. The van der Waals surface area contributed by atoms with Crippen LogP contribution in [0.5, 0.6) is 0 Å². The molecule has 0 aromatic rings. The van der Waals surface area contributed by atoms with E-state index in [2.05, 4.69) is 5.32 Å². The molecule has 0 bridgehead atoms. The van der Waals surface area contributed by atoms with Crippen LogP contribution in [0.2, 0.25) is 0 Å². The number of aliphatic hydroxyl groups excluding tert-OH is 1. The Morgan fingerprint density at radius 2 is 2.08 bits per heavy atom. The first-order valence-electron chi connectivity index (χ1n) is 4.70. The molecule has 0 radical (unpaired) electrons. The Bertz CT molecular complexity index is 111. The first kappa shape index (κ1) is 12.8. The van der Waals surface area contributed by atoms with Gasteiger partial charge in [0, 0.05) is 26.8 Å². The first-order valence-corrected chi connectivity index (χ1v) is 4.70. The maximum Gasteiger partial charge on any atom is 0.0897 e. The summed E-state index contributed by atoms with van der Waals surface area (Å²) < 4.78 is 10.1. The minimum Gasteiger partial charge on any atom is -0.389 e. The predicted molar refractivity (Wildman–Crippen MR) is 51.8 cm³/mol. The van der Waals surface area contributed by atoms with E-state index < -0.39 is 6.10 Å². The number of aliphatic hydroxyl groups is 1. The maximum absolute atomic E-state index is 9.34. The molecule has 0 amide bonds. The quantitative estimate of drug-likeness (QED) is 0.567. The van der Waals surface area contributed by atoms with Crippen molar-refractivity contribution in [1.29, 1.82) is 0 Å². The summed E-state index contributed by atoms with van der Waals surface area (Å²) in [4.78, 5) is 0. The van der Waals surface area contributed by atoms with Gasteiger partial charge in [0.1, 0.15) is 0 Å². The summed E-state index contributed by atoms with van der Waals surface area (Å²) in [7, 11) is 1.67. The van der Waals surface area contributed by atoms with Crippen molar-refractivity contribution in [3.8, 4) is 0 Å². The van der Waals surface area contributed by atoms with Gasteiger partial charge in [-0.05, 0) is 13.8 Å². The van der Waals surface area contributed by atoms with E-state index in [0.717, 1.165) is 6.54 Å². The second kappa shape index (κ2) is 8.44. The number of methoxy groups -OCH3 is 1. The standard InChI is InChI=1S/C9H21NO3/c1-4-13-7-9(11)6-10-5-8(2)12-3/h8-11H,4-7H2,1-3H3. The van der Waals surface area contributed by atoms with Gasteiger partial charge in [-0.1, -0.05) is 0 Å². The van der Waals surface area contributed by atoms with E-state index in [1.165, 1.54) is 0 Å². The van der Waals surface area contributed by atoms with Crippen molar-refractivity contribution in [1.82, 2.24) is 5.32 Å². The first-order chi connectivity index (χ1) is 6.20. The van der Waals surface area contributed by atoms with Crippen LogP contribution in [0.15, 0.2) is 0 Å². The van der Waals surface area contributed by atoms with Crippen molar-refractivity contribution in [3.05, 3.63) is 0 Å². The lowest BCUT2D eigenvalue weighted by Crippen LogP contribution is -2.34. The molecular formula is C9H21NO3. The number of rotatable bonds is 8. The monoisotopic (exact) mass is 191 g/mol. The number of ether oxygens (including phenoxy) is 2. The van der Waals surface area contributed by atoms with Gasteiger partial charge >= 0.3 is 0 Å². The summed E-state index contributed by atoms with van der Waals surface area (Å²) in [5, 5.41) is 12.4. The normalized spacial score (nSPS) is 15.7. The largest absolute Gasteiger partial charge is 0.389 e. The fraction of sp³-hybridized carbons (Fsp3) is 1.00. The second-order valence-corrected chi connectivity index (χ2v) is 3.02. The minimum atomic E-state index is -0.427. The van der Waals surface area contributed by atoms with Crippen molar-refractivity contribution in [2.45, 2.75) is 26.1 Å². The summed E-state index contributed by atoms with van der Waals surface area (Å²) in [6.07, 6.45) is -0.247. The Kier molecular flexibility index (Phi) is 8.33. The molecular weight excluding hydrogens is 170 g/mol. The molecule has 2 unspecified atom stereocenters. The van der Waals surface area contributed by atoms with Crippen LogP contribution < -0.4 is 5.32 Å². The summed E-state index contributed by atoms with van der Waals surface area (Å²) in [5.74, 6) is 0. The molecule has 0 aliphatic heterocycles. The zero-order chi connectivity index (χ0) is 10.1. The van der Waals surface area contributed by atoms with Gasteiger partial charge in [-0.3, -0.25) is 0 Å². The second-order valence-electron chi connectivity index (χ2n) is 3.02. The van der Waals surface area contributed by atoms with Crippen molar-refractivity contribution in [2.75, 3.05) is 33.4 Å². The Hall–Kier alpha value is -0.160. The van der Waals surface area contributed by atoms with Crippen molar-refractivity contribution >= 4 is 0 Å². The van der Waals surface area contributed by atoms with E-state index in [1.54, 1.807) is 7.11 Å². The van der Waals surface area contributed by atoms with Gasteiger partial charge in [0.25, 0.3) is 0 Å². The van der Waals surface area contributed by atoms with Gasteiger partial charge in [0.05, 0.1) is 18.8 Å². The molecule has 13 heavy (non-hydrogen) atoms. The molecule has 80 valence electrons. The van der Waals surface area contributed by atoms with Gasteiger partial charge in [0.2, 0.25) is 0 Å². The molecule has 0 aliphatic carbocycles. The van der Waals surface area contributed by atoms with Gasteiger partial charge < -0.3 is 19.9 Å². The van der Waals surface area contributed by atoms with Gasteiger partial charge in [-0.25, -0.2) is 0 Å². The Labute approximate surface area is 80.2 Å². The third-order valence-electron chi connectivity index (χ3n) is 1.73. The summed E-state index contributed by atoms with van der Waals surface area (Å²) in [6, 6.07) is 0. The van der Waals surface area contributed by atoms with E-state index in [0.29, 0.717) is 19.8 Å². The van der Waals surface area contributed by atoms with Crippen LogP contribution in [0.3, 0.4) is 0 Å². The van der Waals surface area contributed by atoms with Crippen molar-refractivity contribution < 1.29 is 14.6 Å². The molecule has 2 atom stereocenters. The fourth-order valence-corrected chi connectivity index (χ4v) is 0.849. The van der Waals surface area contributed by atoms with Crippen LogP contribution >= 0.6 is 0 Å². The molecule has 0 aromatic heterocycles. The highest BCUT2D eigenvalue weighted by Gasteiger charge is 2.04. The lowest BCUT2D eigenvalue weighted by molar-refractivity contribution is 0.0398. The molecule has 0 saturated carbocycles. The molecule has 0 aromatic carbocycles. The molecule has 0 aliphatic rings. The van der Waals surface area contributed by atoms with Crippen molar-refractivity contribution in [3.63, 3.8) is 0 Å². The van der Waals surface area contributed by atoms with E-state index in [1.807, 2.05) is 13.8 Å². The lowest BCUT2D eigenvalue weighted by Gasteiger charge is -2.14. The number of hydrogen-bond donors (Lipinski definition) is 2. The molecule has 4 nitrogen and oxygen atoms in total. The van der Waals surface area contributed by atoms with Crippen molar-refractivity contribution in [2.24, 2.45) is 0 Å². The Morgan fingerprint density at radius 1 is 1.38 bits per heavy atom. The molecule has 4 heteroatoms. The van der Waals surface area contributed by atoms with Crippen LogP contribution in [0.25, 0.3) is 0 Å². The fourth-order valence-electron chi connectivity index (χ4n) is 0.849. The highest BCUT2D eigenvalue weighted by Crippen LogP contribution is 1.86. The zero-order valence-electron chi connectivity index (χ0n) is 8.75. The summed E-state index contributed by atoms with van der Waals surface area (Å²) >= 11 is 0. The van der Waals surface area contributed by atoms with Gasteiger partial charge in [0.15, 0.2) is 0 Å². The third kappa shape index (κ3) is 8.18. The average molecular weight is 191 g/mol. The van der Waals surface area contributed by atoms with E-state index in [-0.39, 0.29) is 6.10 Å². The van der Waals surface area contributed by atoms with E-state index in [4.69, 9.17) is 9.47 Å². The summed E-state index contributed by atoms with van der Waals surface area (Å²) in [5.41, 5.74) is 0.